The molecule has 1 unspecified atom stereocenters. The van der Waals surface area contributed by atoms with Crippen molar-refractivity contribution in [2.45, 2.75) is 39.3 Å². The maximum atomic E-state index is 12.5. The van der Waals surface area contributed by atoms with Crippen LogP contribution in [0.4, 0.5) is 0 Å². The number of hydrogen-bond donors (Lipinski definition) is 1. The molecule has 0 bridgehead atoms. The van der Waals surface area contributed by atoms with E-state index in [4.69, 9.17) is 16.3 Å². The number of rotatable bonds is 7. The van der Waals surface area contributed by atoms with Gasteiger partial charge in [0.2, 0.25) is 0 Å². The van der Waals surface area contributed by atoms with Crippen LogP contribution in [-0.2, 0) is 6.61 Å². The van der Waals surface area contributed by atoms with Crippen LogP contribution in [0.25, 0.3) is 0 Å². The zero-order valence-corrected chi connectivity index (χ0v) is 16.7. The molecule has 140 valence electrons. The number of likely N-dealkylation sites (tertiary alicyclic amines) is 1. The number of nitrogens with zero attached hydrogens (tertiary/aromatic N) is 2. The van der Waals surface area contributed by atoms with E-state index in [1.54, 1.807) is 12.1 Å². The van der Waals surface area contributed by atoms with E-state index in [1.165, 1.54) is 17.8 Å². The fourth-order valence-corrected chi connectivity index (χ4v) is 4.25. The Kier molecular flexibility index (Phi) is 6.51. The molecule has 1 atom stereocenters. The lowest BCUT2D eigenvalue weighted by Crippen LogP contribution is -2.39. The maximum Gasteiger partial charge on any atom is 0.263 e. The van der Waals surface area contributed by atoms with E-state index in [0.717, 1.165) is 36.0 Å². The molecule has 5 nitrogen and oxygen atoms in total. The minimum absolute atomic E-state index is 0.0410. The third-order valence-corrected chi connectivity index (χ3v) is 6.01. The number of likely N-dealkylation sites (N-methyl/N-ethyl adjacent to an activating group) is 1. The summed E-state index contributed by atoms with van der Waals surface area (Å²) in [5.41, 5.74) is 0.751. The summed E-state index contributed by atoms with van der Waals surface area (Å²) in [6, 6.07) is 7.65. The van der Waals surface area contributed by atoms with E-state index in [1.807, 2.05) is 19.1 Å². The van der Waals surface area contributed by atoms with Gasteiger partial charge in [0, 0.05) is 17.6 Å². The van der Waals surface area contributed by atoms with Gasteiger partial charge in [-0.2, -0.15) is 0 Å². The van der Waals surface area contributed by atoms with Gasteiger partial charge in [0.15, 0.2) is 0 Å². The first-order valence-electron chi connectivity index (χ1n) is 8.93. The Bertz CT molecular complexity index is 748. The first kappa shape index (κ1) is 19.1. The van der Waals surface area contributed by atoms with Gasteiger partial charge in [-0.25, -0.2) is 4.98 Å². The number of hydrogen-bond acceptors (Lipinski definition) is 5. The first-order chi connectivity index (χ1) is 12.6. The lowest BCUT2D eigenvalue weighted by atomic mass is 10.2. The Balaban J connectivity index is 1.55. The normalized spacial score (nSPS) is 17.4. The number of amides is 1. The van der Waals surface area contributed by atoms with Gasteiger partial charge in [-0.05, 0) is 57.1 Å². The molecule has 1 N–H and O–H groups in total. The summed E-state index contributed by atoms with van der Waals surface area (Å²) in [6.45, 7) is 7.23. The highest BCUT2D eigenvalue weighted by molar-refractivity contribution is 7.13. The maximum absolute atomic E-state index is 12.5. The molecule has 7 heteroatoms. The molecule has 2 aromatic rings. The van der Waals surface area contributed by atoms with Gasteiger partial charge in [-0.1, -0.05) is 18.5 Å². The van der Waals surface area contributed by atoms with Crippen LogP contribution in [0.15, 0.2) is 24.3 Å². The summed E-state index contributed by atoms with van der Waals surface area (Å²) in [6.07, 6.45) is 2.36. The lowest BCUT2D eigenvalue weighted by Gasteiger charge is -2.22. The summed E-state index contributed by atoms with van der Waals surface area (Å²) in [5, 5.41) is 4.54. The van der Waals surface area contributed by atoms with Crippen LogP contribution in [0.2, 0.25) is 5.02 Å². The molecule has 1 aromatic heterocycles. The number of carbonyl (C=O) groups is 1. The fraction of sp³-hybridized carbons (Fsp3) is 0.474. The van der Waals surface area contributed by atoms with Gasteiger partial charge < -0.3 is 10.1 Å². The second-order valence-electron chi connectivity index (χ2n) is 6.40. The van der Waals surface area contributed by atoms with Gasteiger partial charge in [-0.15, -0.1) is 11.3 Å². The summed E-state index contributed by atoms with van der Waals surface area (Å²) in [4.78, 5) is 20.1. The number of halogens is 1. The molecule has 0 aliphatic carbocycles. The summed E-state index contributed by atoms with van der Waals surface area (Å²) < 4.78 is 5.72. The van der Waals surface area contributed by atoms with E-state index in [9.17, 15) is 4.79 Å². The Morgan fingerprint density at radius 2 is 2.19 bits per heavy atom. The quantitative estimate of drug-likeness (QED) is 0.775. The molecule has 1 saturated heterocycles. The van der Waals surface area contributed by atoms with E-state index >= 15 is 0 Å². The number of ether oxygens (including phenoxy) is 1. The van der Waals surface area contributed by atoms with Crippen molar-refractivity contribution >= 4 is 28.8 Å². The van der Waals surface area contributed by atoms with Crippen molar-refractivity contribution in [3.05, 3.63) is 44.9 Å². The average Bonchev–Trinajstić information content (AvgIpc) is 3.25. The predicted octanol–water partition coefficient (Wildman–Crippen LogP) is 3.90. The van der Waals surface area contributed by atoms with E-state index < -0.39 is 0 Å². The minimum Gasteiger partial charge on any atom is -0.486 e. The molecular formula is C19H24ClN3O2S. The van der Waals surface area contributed by atoms with Gasteiger partial charge in [0.05, 0.1) is 5.69 Å². The van der Waals surface area contributed by atoms with Crippen molar-refractivity contribution in [1.82, 2.24) is 15.2 Å². The van der Waals surface area contributed by atoms with Crippen molar-refractivity contribution in [1.29, 1.82) is 0 Å². The topological polar surface area (TPSA) is 54.5 Å². The molecule has 3 rings (SSSR count). The molecule has 0 saturated carbocycles. The Morgan fingerprint density at radius 3 is 2.92 bits per heavy atom. The molecule has 1 fully saturated rings. The van der Waals surface area contributed by atoms with Gasteiger partial charge >= 0.3 is 0 Å². The van der Waals surface area contributed by atoms with Gasteiger partial charge in [-0.3, -0.25) is 9.69 Å². The van der Waals surface area contributed by atoms with E-state index in [2.05, 4.69) is 22.1 Å². The fourth-order valence-electron chi connectivity index (χ4n) is 3.23. The molecule has 1 aliphatic heterocycles. The lowest BCUT2D eigenvalue weighted by molar-refractivity contribution is 0.0944. The van der Waals surface area contributed by atoms with Gasteiger partial charge in [0.1, 0.15) is 22.2 Å². The molecule has 1 aliphatic rings. The van der Waals surface area contributed by atoms with Crippen LogP contribution in [0, 0.1) is 6.92 Å². The molecule has 1 aromatic carbocycles. The van der Waals surface area contributed by atoms with Crippen LogP contribution in [0.5, 0.6) is 5.75 Å². The highest BCUT2D eigenvalue weighted by Crippen LogP contribution is 2.22. The second kappa shape index (κ2) is 8.84. The highest BCUT2D eigenvalue weighted by Gasteiger charge is 2.24. The zero-order valence-electron chi connectivity index (χ0n) is 15.1. The van der Waals surface area contributed by atoms with Crippen molar-refractivity contribution in [3.63, 3.8) is 0 Å². The molecule has 0 spiro atoms. The molecule has 1 amide bonds. The predicted molar refractivity (Wildman–Crippen MR) is 105 cm³/mol. The Hall–Kier alpha value is -1.63. The second-order valence-corrected chi connectivity index (χ2v) is 7.92. The SMILES string of the molecule is CCN1CCCC1CNC(=O)c1sc(COc2ccc(Cl)cc2)nc1C. The van der Waals surface area contributed by atoms with Crippen LogP contribution in [0.3, 0.4) is 0 Å². The summed E-state index contributed by atoms with van der Waals surface area (Å²) in [7, 11) is 0. The van der Waals surface area contributed by atoms with Crippen LogP contribution < -0.4 is 10.1 Å². The van der Waals surface area contributed by atoms with Crippen LogP contribution >= 0.6 is 22.9 Å². The average molecular weight is 394 g/mol. The standard InChI is InChI=1S/C19H24ClN3O2S/c1-3-23-10-4-5-15(23)11-21-19(24)18-13(2)22-17(26-18)12-25-16-8-6-14(20)7-9-16/h6-9,15H,3-5,10-12H2,1-2H3,(H,21,24). The van der Waals surface area contributed by atoms with Crippen molar-refractivity contribution in [2.24, 2.45) is 0 Å². The third-order valence-electron chi connectivity index (χ3n) is 4.63. The summed E-state index contributed by atoms with van der Waals surface area (Å²) >= 11 is 7.26. The number of thiazole rings is 1. The Labute approximate surface area is 163 Å². The van der Waals surface area contributed by atoms with Crippen molar-refractivity contribution < 1.29 is 9.53 Å². The monoisotopic (exact) mass is 393 g/mol. The number of carbonyl (C=O) groups excluding carboxylic acids is 1. The van der Waals surface area contributed by atoms with Crippen molar-refractivity contribution in [2.75, 3.05) is 19.6 Å². The molecule has 26 heavy (non-hydrogen) atoms. The first-order valence-corrected chi connectivity index (χ1v) is 10.1. The van der Waals surface area contributed by atoms with Crippen LogP contribution in [0.1, 0.15) is 40.1 Å². The summed E-state index contributed by atoms with van der Waals surface area (Å²) in [5.74, 6) is 0.690. The third kappa shape index (κ3) is 4.75. The highest BCUT2D eigenvalue weighted by atomic mass is 35.5. The van der Waals surface area contributed by atoms with Crippen molar-refractivity contribution in [3.8, 4) is 5.75 Å². The number of aromatic nitrogens is 1. The van der Waals surface area contributed by atoms with Gasteiger partial charge in [0.25, 0.3) is 5.91 Å². The molecule has 0 radical (unpaired) electrons. The minimum atomic E-state index is -0.0410. The van der Waals surface area contributed by atoms with E-state index in [-0.39, 0.29) is 5.91 Å². The molecular weight excluding hydrogens is 370 g/mol. The Morgan fingerprint density at radius 1 is 1.42 bits per heavy atom. The number of nitrogens with one attached hydrogen (secondary N) is 1. The zero-order chi connectivity index (χ0) is 18.5. The molecule has 2 heterocycles. The van der Waals surface area contributed by atoms with Crippen LogP contribution in [-0.4, -0.2) is 41.5 Å². The number of benzene rings is 1. The largest absolute Gasteiger partial charge is 0.486 e. The van der Waals surface area contributed by atoms with E-state index in [0.29, 0.717) is 29.1 Å². The smallest absolute Gasteiger partial charge is 0.263 e. The number of aryl methyl sites for hydroxylation is 1.